The fourth-order valence-corrected chi connectivity index (χ4v) is 1.31. The van der Waals surface area contributed by atoms with E-state index in [2.05, 4.69) is 20.4 Å². The zero-order valence-electron chi connectivity index (χ0n) is 8.81. The predicted octanol–water partition coefficient (Wildman–Crippen LogP) is 1.13. The molecule has 0 atom stereocenters. The van der Waals surface area contributed by atoms with Gasteiger partial charge >= 0.3 is 0 Å². The number of hydrogen-bond donors (Lipinski definition) is 1. The van der Waals surface area contributed by atoms with Crippen molar-refractivity contribution in [2.45, 2.75) is 13.5 Å². The summed E-state index contributed by atoms with van der Waals surface area (Å²) in [7, 11) is 1.90. The molecule has 1 N–H and O–H groups in total. The van der Waals surface area contributed by atoms with E-state index in [4.69, 9.17) is 0 Å². The third-order valence-corrected chi connectivity index (χ3v) is 2.04. The molecule has 5 heteroatoms. The van der Waals surface area contributed by atoms with Gasteiger partial charge in [-0.3, -0.25) is 4.68 Å². The van der Waals surface area contributed by atoms with E-state index >= 15 is 0 Å². The summed E-state index contributed by atoms with van der Waals surface area (Å²) < 4.78 is 1.78. The highest BCUT2D eigenvalue weighted by atomic mass is 15.2. The van der Waals surface area contributed by atoms with Crippen molar-refractivity contribution in [2.24, 2.45) is 7.05 Å². The molecular weight excluding hydrogens is 190 g/mol. The van der Waals surface area contributed by atoms with E-state index in [0.29, 0.717) is 0 Å². The van der Waals surface area contributed by atoms with Crippen molar-refractivity contribution >= 4 is 5.82 Å². The fourth-order valence-electron chi connectivity index (χ4n) is 1.31. The number of aromatic nitrogens is 4. The van der Waals surface area contributed by atoms with Gasteiger partial charge in [-0.25, -0.2) is 9.97 Å². The van der Waals surface area contributed by atoms with E-state index in [-0.39, 0.29) is 0 Å². The Morgan fingerprint density at radius 1 is 1.40 bits per heavy atom. The molecule has 0 aromatic carbocycles. The van der Waals surface area contributed by atoms with Crippen LogP contribution < -0.4 is 5.32 Å². The molecule has 0 saturated carbocycles. The van der Waals surface area contributed by atoms with Crippen LogP contribution in [0.1, 0.15) is 11.3 Å². The Labute approximate surface area is 88.2 Å². The van der Waals surface area contributed by atoms with E-state index in [0.717, 1.165) is 23.6 Å². The maximum Gasteiger partial charge on any atom is 0.129 e. The van der Waals surface area contributed by atoms with Gasteiger partial charge in [-0.1, -0.05) is 0 Å². The molecule has 0 aliphatic carbocycles. The Balaban J connectivity index is 1.99. The van der Waals surface area contributed by atoms with E-state index in [9.17, 15) is 0 Å². The van der Waals surface area contributed by atoms with Gasteiger partial charge in [0.05, 0.1) is 6.20 Å². The molecule has 78 valence electrons. The van der Waals surface area contributed by atoms with Crippen LogP contribution in [0.4, 0.5) is 5.82 Å². The highest BCUT2D eigenvalue weighted by molar-refractivity contribution is 5.35. The average Bonchev–Trinajstić information content (AvgIpc) is 2.62. The van der Waals surface area contributed by atoms with Crippen LogP contribution in [-0.4, -0.2) is 19.7 Å². The van der Waals surface area contributed by atoms with Crippen molar-refractivity contribution in [2.75, 3.05) is 5.32 Å². The molecule has 0 spiro atoms. The van der Waals surface area contributed by atoms with E-state index in [1.807, 2.05) is 32.4 Å². The van der Waals surface area contributed by atoms with Crippen molar-refractivity contribution in [3.63, 3.8) is 0 Å². The molecule has 2 heterocycles. The van der Waals surface area contributed by atoms with Gasteiger partial charge in [-0.05, 0) is 6.92 Å². The minimum atomic E-state index is 0.726. The summed E-state index contributed by atoms with van der Waals surface area (Å²) >= 11 is 0. The summed E-state index contributed by atoms with van der Waals surface area (Å²) in [4.78, 5) is 8.14. The number of nitrogens with one attached hydrogen (secondary N) is 1. The molecule has 0 amide bonds. The van der Waals surface area contributed by atoms with Crippen LogP contribution in [0, 0.1) is 6.92 Å². The first-order valence-corrected chi connectivity index (χ1v) is 4.74. The second-order valence-electron chi connectivity index (χ2n) is 3.42. The lowest BCUT2D eigenvalue weighted by Crippen LogP contribution is -2.01. The molecule has 2 aromatic rings. The molecule has 0 saturated heterocycles. The Hall–Kier alpha value is -1.91. The van der Waals surface area contributed by atoms with Gasteiger partial charge in [0.1, 0.15) is 12.1 Å². The summed E-state index contributed by atoms with van der Waals surface area (Å²) in [6.45, 7) is 2.67. The quantitative estimate of drug-likeness (QED) is 0.812. The van der Waals surface area contributed by atoms with Crippen LogP contribution in [-0.2, 0) is 13.6 Å². The smallest absolute Gasteiger partial charge is 0.129 e. The van der Waals surface area contributed by atoms with Gasteiger partial charge in [-0.15, -0.1) is 0 Å². The molecule has 0 bridgehead atoms. The monoisotopic (exact) mass is 203 g/mol. The molecule has 0 aliphatic rings. The van der Waals surface area contributed by atoms with Crippen LogP contribution >= 0.6 is 0 Å². The number of aryl methyl sites for hydroxylation is 2. The molecular formula is C10H13N5. The van der Waals surface area contributed by atoms with Crippen molar-refractivity contribution < 1.29 is 0 Å². The molecule has 0 unspecified atom stereocenters. The first-order chi connectivity index (χ1) is 7.24. The first kappa shape index (κ1) is 9.64. The van der Waals surface area contributed by atoms with E-state index < -0.39 is 0 Å². The summed E-state index contributed by atoms with van der Waals surface area (Å²) in [6.07, 6.45) is 5.36. The number of nitrogens with zero attached hydrogens (tertiary/aromatic N) is 4. The predicted molar refractivity (Wildman–Crippen MR) is 57.3 cm³/mol. The topological polar surface area (TPSA) is 55.6 Å². The third-order valence-electron chi connectivity index (χ3n) is 2.04. The number of anilines is 1. The lowest BCUT2D eigenvalue weighted by molar-refractivity contribution is 0.767. The largest absolute Gasteiger partial charge is 0.366 e. The second kappa shape index (κ2) is 4.08. The van der Waals surface area contributed by atoms with Crippen LogP contribution in [0.5, 0.6) is 0 Å². The van der Waals surface area contributed by atoms with Gasteiger partial charge in [-0.2, -0.15) is 5.10 Å². The molecule has 0 fully saturated rings. The lowest BCUT2D eigenvalue weighted by atomic mass is 10.3. The molecule has 2 aromatic heterocycles. The highest BCUT2D eigenvalue weighted by Gasteiger charge is 1.97. The summed E-state index contributed by atoms with van der Waals surface area (Å²) in [5, 5.41) is 7.30. The lowest BCUT2D eigenvalue weighted by Gasteiger charge is -2.03. The molecule has 15 heavy (non-hydrogen) atoms. The van der Waals surface area contributed by atoms with Crippen molar-refractivity contribution in [1.29, 1.82) is 0 Å². The maximum atomic E-state index is 4.11. The number of hydrogen-bond acceptors (Lipinski definition) is 4. The average molecular weight is 203 g/mol. The van der Waals surface area contributed by atoms with Gasteiger partial charge in [0.25, 0.3) is 0 Å². The molecule has 2 rings (SSSR count). The summed E-state index contributed by atoms with van der Waals surface area (Å²) in [5.41, 5.74) is 2.09. The Morgan fingerprint density at radius 2 is 2.27 bits per heavy atom. The molecule has 0 aliphatic heterocycles. The highest BCUT2D eigenvalue weighted by Crippen LogP contribution is 2.05. The molecule has 0 radical (unpaired) electrons. The van der Waals surface area contributed by atoms with Gasteiger partial charge < -0.3 is 5.32 Å². The number of rotatable bonds is 3. The van der Waals surface area contributed by atoms with E-state index in [1.54, 1.807) is 11.0 Å². The fraction of sp³-hybridized carbons (Fsp3) is 0.300. The van der Waals surface area contributed by atoms with Crippen LogP contribution in [0.3, 0.4) is 0 Å². The standard InChI is InChI=1S/C10H13N5/c1-8-3-10(13-7-12-8)11-4-9-5-14-15(2)6-9/h3,5-7H,4H2,1-2H3,(H,11,12,13). The van der Waals surface area contributed by atoms with Crippen molar-refractivity contribution in [1.82, 2.24) is 19.7 Å². The Morgan fingerprint density at radius 3 is 2.93 bits per heavy atom. The minimum Gasteiger partial charge on any atom is -0.366 e. The van der Waals surface area contributed by atoms with Crippen molar-refractivity contribution in [3.05, 3.63) is 36.0 Å². The summed E-state index contributed by atoms with van der Waals surface area (Å²) in [5.74, 6) is 0.839. The van der Waals surface area contributed by atoms with Crippen LogP contribution in [0.15, 0.2) is 24.8 Å². The van der Waals surface area contributed by atoms with Gasteiger partial charge in [0.2, 0.25) is 0 Å². The Kier molecular flexibility index (Phi) is 2.62. The van der Waals surface area contributed by atoms with E-state index in [1.165, 1.54) is 0 Å². The Bertz CT molecular complexity index is 449. The van der Waals surface area contributed by atoms with Crippen LogP contribution in [0.25, 0.3) is 0 Å². The zero-order chi connectivity index (χ0) is 10.7. The minimum absolute atomic E-state index is 0.726. The SMILES string of the molecule is Cc1cc(NCc2cnn(C)c2)ncn1. The molecule has 5 nitrogen and oxygen atoms in total. The third kappa shape index (κ3) is 2.52. The normalized spacial score (nSPS) is 10.3. The van der Waals surface area contributed by atoms with Gasteiger partial charge in [0.15, 0.2) is 0 Å². The van der Waals surface area contributed by atoms with Gasteiger partial charge in [0, 0.05) is 37.1 Å². The first-order valence-electron chi connectivity index (χ1n) is 4.74. The zero-order valence-corrected chi connectivity index (χ0v) is 8.81. The second-order valence-corrected chi connectivity index (χ2v) is 3.42. The maximum absolute atomic E-state index is 4.11. The summed E-state index contributed by atoms with van der Waals surface area (Å²) in [6, 6.07) is 1.91. The van der Waals surface area contributed by atoms with Crippen LogP contribution in [0.2, 0.25) is 0 Å². The van der Waals surface area contributed by atoms with Crippen molar-refractivity contribution in [3.8, 4) is 0 Å².